The van der Waals surface area contributed by atoms with Crippen molar-refractivity contribution in [3.8, 4) is 11.1 Å². The summed E-state index contributed by atoms with van der Waals surface area (Å²) in [5.41, 5.74) is 3.79. The van der Waals surface area contributed by atoms with Crippen LogP contribution in [0.2, 0.25) is 0 Å². The van der Waals surface area contributed by atoms with E-state index in [1.165, 1.54) is 0 Å². The van der Waals surface area contributed by atoms with Gasteiger partial charge in [-0.2, -0.15) is 0 Å². The summed E-state index contributed by atoms with van der Waals surface area (Å²) in [6.07, 6.45) is 1.73. The molecule has 2 aromatic rings. The molecule has 0 aromatic heterocycles. The highest BCUT2D eigenvalue weighted by Gasteiger charge is 2.34. The second-order valence-corrected chi connectivity index (χ2v) is 7.40. The minimum absolute atomic E-state index is 0.0274. The summed E-state index contributed by atoms with van der Waals surface area (Å²) < 4.78 is 0. The van der Waals surface area contributed by atoms with Crippen LogP contribution in [-0.2, 0) is 4.79 Å². The highest BCUT2D eigenvalue weighted by molar-refractivity contribution is 6.24. The van der Waals surface area contributed by atoms with Gasteiger partial charge in [0.05, 0.1) is 0 Å². The predicted octanol–water partition coefficient (Wildman–Crippen LogP) is 5.30. The van der Waals surface area contributed by atoms with Crippen LogP contribution in [0.15, 0.2) is 42.5 Å². The van der Waals surface area contributed by atoms with Crippen molar-refractivity contribution < 1.29 is 9.59 Å². The summed E-state index contributed by atoms with van der Waals surface area (Å²) in [6.45, 7) is 8.44. The Hall–Kier alpha value is -2.42. The highest BCUT2D eigenvalue weighted by atomic mass is 16.2. The van der Waals surface area contributed by atoms with Crippen molar-refractivity contribution >= 4 is 17.4 Å². The molecule has 1 amide bonds. The molecule has 0 spiro atoms. The second kappa shape index (κ2) is 6.47. The van der Waals surface area contributed by atoms with Crippen molar-refractivity contribution in [3.63, 3.8) is 0 Å². The lowest BCUT2D eigenvalue weighted by molar-refractivity contribution is -0.123. The number of ketones is 1. The van der Waals surface area contributed by atoms with Crippen molar-refractivity contribution in [2.24, 2.45) is 11.3 Å². The lowest BCUT2D eigenvalue weighted by Crippen LogP contribution is -2.34. The van der Waals surface area contributed by atoms with Crippen LogP contribution in [0.4, 0.5) is 5.69 Å². The van der Waals surface area contributed by atoms with Crippen LogP contribution in [-0.4, -0.2) is 11.7 Å². The number of hydrogen-bond acceptors (Lipinski definition) is 2. The topological polar surface area (TPSA) is 46.2 Å². The number of nitrogens with one attached hydrogen (secondary N) is 1. The number of benzene rings is 2. The van der Waals surface area contributed by atoms with Crippen molar-refractivity contribution in [2.45, 2.75) is 40.5 Å². The van der Waals surface area contributed by atoms with Gasteiger partial charge in [0.2, 0.25) is 5.91 Å². The Labute approximate surface area is 149 Å². The van der Waals surface area contributed by atoms with Gasteiger partial charge in [0.1, 0.15) is 0 Å². The standard InChI is InChI=1S/C22H25NO2/c1-5-17(22(3,4)6-2)21(25)23-18-13-9-12-16-19(18)14-10-7-8-11-15(14)20(16)24/h7-13,17H,5-6H2,1-4H3,(H,23,25). The monoisotopic (exact) mass is 335 g/mol. The highest BCUT2D eigenvalue weighted by Crippen LogP contribution is 2.42. The SMILES string of the molecule is CCC(C(=O)Nc1cccc2c1-c1ccccc1C2=O)C(C)(C)CC. The minimum Gasteiger partial charge on any atom is -0.325 e. The Morgan fingerprint density at radius 2 is 1.64 bits per heavy atom. The molecule has 2 aromatic carbocycles. The fourth-order valence-electron chi connectivity index (χ4n) is 3.74. The maximum absolute atomic E-state index is 12.9. The van der Waals surface area contributed by atoms with Crippen LogP contribution >= 0.6 is 0 Å². The molecule has 0 fully saturated rings. The maximum Gasteiger partial charge on any atom is 0.228 e. The number of carbonyl (C=O) groups is 2. The number of anilines is 1. The summed E-state index contributed by atoms with van der Waals surface area (Å²) in [7, 11) is 0. The number of hydrogen-bond donors (Lipinski definition) is 1. The van der Waals surface area contributed by atoms with E-state index in [0.717, 1.165) is 29.7 Å². The van der Waals surface area contributed by atoms with Gasteiger partial charge in [0.15, 0.2) is 5.78 Å². The van der Waals surface area contributed by atoms with E-state index < -0.39 is 0 Å². The molecule has 0 bridgehead atoms. The van der Waals surface area contributed by atoms with Gasteiger partial charge in [-0.15, -0.1) is 0 Å². The number of amides is 1. The van der Waals surface area contributed by atoms with Crippen LogP contribution in [0.25, 0.3) is 11.1 Å². The van der Waals surface area contributed by atoms with Gasteiger partial charge in [-0.05, 0) is 23.5 Å². The van der Waals surface area contributed by atoms with Gasteiger partial charge in [-0.3, -0.25) is 9.59 Å². The molecule has 3 heteroatoms. The van der Waals surface area contributed by atoms with Gasteiger partial charge in [-0.25, -0.2) is 0 Å². The van der Waals surface area contributed by atoms with Gasteiger partial charge in [-0.1, -0.05) is 70.5 Å². The minimum atomic E-state index is -0.0688. The molecular formula is C22H25NO2. The molecule has 0 radical (unpaired) electrons. The van der Waals surface area contributed by atoms with Crippen LogP contribution in [0.5, 0.6) is 0 Å². The average Bonchev–Trinajstić information content (AvgIpc) is 2.89. The summed E-state index contributed by atoms with van der Waals surface area (Å²) >= 11 is 0. The molecule has 0 heterocycles. The molecule has 0 aliphatic heterocycles. The Bertz CT molecular complexity index is 836. The van der Waals surface area contributed by atoms with Crippen molar-refractivity contribution in [2.75, 3.05) is 5.32 Å². The predicted molar refractivity (Wildman–Crippen MR) is 102 cm³/mol. The molecule has 3 rings (SSSR count). The van der Waals surface area contributed by atoms with Crippen LogP contribution in [0.3, 0.4) is 0 Å². The van der Waals surface area contributed by atoms with Gasteiger partial charge < -0.3 is 5.32 Å². The summed E-state index contributed by atoms with van der Waals surface area (Å²) in [5.74, 6) is -0.0112. The van der Waals surface area contributed by atoms with E-state index >= 15 is 0 Å². The number of rotatable bonds is 5. The fraction of sp³-hybridized carbons (Fsp3) is 0.364. The van der Waals surface area contributed by atoms with Gasteiger partial charge in [0.25, 0.3) is 0 Å². The van der Waals surface area contributed by atoms with E-state index in [1.807, 2.05) is 42.5 Å². The molecule has 0 saturated heterocycles. The summed E-state index contributed by atoms with van der Waals surface area (Å²) in [6, 6.07) is 13.1. The first-order valence-electron chi connectivity index (χ1n) is 8.98. The zero-order valence-corrected chi connectivity index (χ0v) is 15.3. The van der Waals surface area contributed by atoms with Gasteiger partial charge >= 0.3 is 0 Å². The molecule has 1 N–H and O–H groups in total. The Morgan fingerprint density at radius 1 is 1.00 bits per heavy atom. The largest absolute Gasteiger partial charge is 0.325 e. The summed E-state index contributed by atoms with van der Waals surface area (Å²) in [5, 5.41) is 3.10. The average molecular weight is 335 g/mol. The van der Waals surface area contributed by atoms with E-state index in [0.29, 0.717) is 11.1 Å². The van der Waals surface area contributed by atoms with Gasteiger partial charge in [0, 0.05) is 28.3 Å². The fourth-order valence-corrected chi connectivity index (χ4v) is 3.74. The Kier molecular flexibility index (Phi) is 4.51. The molecule has 1 aliphatic carbocycles. The molecule has 1 atom stereocenters. The van der Waals surface area contributed by atoms with E-state index in [-0.39, 0.29) is 23.0 Å². The van der Waals surface area contributed by atoms with E-state index in [4.69, 9.17) is 0 Å². The van der Waals surface area contributed by atoms with E-state index in [2.05, 4.69) is 33.0 Å². The zero-order chi connectivity index (χ0) is 18.2. The maximum atomic E-state index is 12.9. The van der Waals surface area contributed by atoms with Crippen molar-refractivity contribution in [3.05, 3.63) is 53.6 Å². The molecule has 25 heavy (non-hydrogen) atoms. The number of fused-ring (bicyclic) bond motifs is 3. The Morgan fingerprint density at radius 3 is 2.28 bits per heavy atom. The summed E-state index contributed by atoms with van der Waals surface area (Å²) in [4.78, 5) is 25.6. The third kappa shape index (κ3) is 2.88. The van der Waals surface area contributed by atoms with Crippen molar-refractivity contribution in [1.29, 1.82) is 0 Å². The molecule has 1 unspecified atom stereocenters. The normalized spacial score (nSPS) is 14.0. The third-order valence-corrected chi connectivity index (χ3v) is 5.59. The van der Waals surface area contributed by atoms with Crippen LogP contribution in [0.1, 0.15) is 56.5 Å². The molecule has 130 valence electrons. The number of carbonyl (C=O) groups excluding carboxylic acids is 2. The first kappa shape index (κ1) is 17.4. The first-order chi connectivity index (χ1) is 11.9. The van der Waals surface area contributed by atoms with E-state index in [1.54, 1.807) is 0 Å². The van der Waals surface area contributed by atoms with Crippen LogP contribution < -0.4 is 5.32 Å². The molecule has 0 saturated carbocycles. The third-order valence-electron chi connectivity index (χ3n) is 5.59. The first-order valence-corrected chi connectivity index (χ1v) is 8.98. The van der Waals surface area contributed by atoms with E-state index in [9.17, 15) is 9.59 Å². The zero-order valence-electron chi connectivity index (χ0n) is 15.3. The quantitative estimate of drug-likeness (QED) is 0.688. The molecule has 1 aliphatic rings. The van der Waals surface area contributed by atoms with Crippen LogP contribution in [0, 0.1) is 11.3 Å². The lowest BCUT2D eigenvalue weighted by Gasteiger charge is -2.32. The second-order valence-electron chi connectivity index (χ2n) is 7.40. The smallest absolute Gasteiger partial charge is 0.228 e. The Balaban J connectivity index is 2.00. The lowest BCUT2D eigenvalue weighted by atomic mass is 9.75. The molecule has 3 nitrogen and oxygen atoms in total. The molecular weight excluding hydrogens is 310 g/mol. The van der Waals surface area contributed by atoms with Crippen molar-refractivity contribution in [1.82, 2.24) is 0 Å².